The largest absolute Gasteiger partial charge is 0.497 e. The van der Waals surface area contributed by atoms with Gasteiger partial charge in [0.2, 0.25) is 0 Å². The van der Waals surface area contributed by atoms with E-state index in [1.807, 2.05) is 36.4 Å². The average molecular weight is 1120 g/mol. The maximum absolute atomic E-state index is 13.9. The molecule has 0 saturated heterocycles. The fourth-order valence-electron chi connectivity index (χ4n) is 7.86. The van der Waals surface area contributed by atoms with Gasteiger partial charge in [0, 0.05) is 32.6 Å². The van der Waals surface area contributed by atoms with Gasteiger partial charge in [0.05, 0.1) is 36.1 Å². The van der Waals surface area contributed by atoms with Crippen LogP contribution in [-0.4, -0.2) is 55.1 Å². The van der Waals surface area contributed by atoms with Crippen LogP contribution in [0.1, 0.15) is 62.4 Å². The van der Waals surface area contributed by atoms with Crippen LogP contribution in [-0.2, 0) is 44.4 Å². The molecule has 0 aliphatic heterocycles. The second-order valence-corrected chi connectivity index (χ2v) is 21.5. The first-order chi connectivity index (χ1) is 36.7. The van der Waals surface area contributed by atoms with Crippen LogP contribution in [0.3, 0.4) is 0 Å². The zero-order chi connectivity index (χ0) is 55.1. The van der Waals surface area contributed by atoms with E-state index >= 15 is 0 Å². The molecule has 22 heteroatoms. The van der Waals surface area contributed by atoms with Crippen LogP contribution in [0.2, 0.25) is 0 Å². The zero-order valence-corrected chi connectivity index (χ0v) is 44.1. The number of benzene rings is 8. The van der Waals surface area contributed by atoms with Gasteiger partial charge in [0.1, 0.15) is 50.0 Å². The lowest BCUT2D eigenvalue weighted by atomic mass is 9.78. The van der Waals surface area contributed by atoms with Gasteiger partial charge in [-0.05, 0) is 144 Å². The second-order valence-electron chi connectivity index (χ2n) is 17.3. The third kappa shape index (κ3) is 13.4. The highest BCUT2D eigenvalue weighted by Gasteiger charge is 2.26. The summed E-state index contributed by atoms with van der Waals surface area (Å²) in [5, 5.41) is 25.0. The molecule has 0 amide bonds. The Morgan fingerprint density at radius 3 is 1.22 bits per heavy atom. The molecular weight excluding hydrogens is 1080 g/mol. The van der Waals surface area contributed by atoms with E-state index in [0.29, 0.717) is 40.3 Å². The number of ether oxygens (including phenoxy) is 4. The van der Waals surface area contributed by atoms with E-state index in [-0.39, 0.29) is 55.9 Å². The summed E-state index contributed by atoms with van der Waals surface area (Å²) < 4.78 is 103. The zero-order valence-electron chi connectivity index (χ0n) is 40.8. The van der Waals surface area contributed by atoms with Crippen molar-refractivity contribution in [2.75, 3.05) is 7.11 Å². The average Bonchev–Trinajstić information content (AvgIpc) is 3.44. The molecule has 8 aromatic carbocycles. The highest BCUT2D eigenvalue weighted by molar-refractivity contribution is 7.94. The number of ketones is 2. The summed E-state index contributed by atoms with van der Waals surface area (Å²) in [5.74, 6) is 0.0458. The molecule has 18 nitrogen and oxygen atoms in total. The van der Waals surface area contributed by atoms with Gasteiger partial charge in [0.15, 0.2) is 11.6 Å². The van der Waals surface area contributed by atoms with Crippen LogP contribution in [0.15, 0.2) is 189 Å². The Hall–Kier alpha value is -7.42. The van der Waals surface area contributed by atoms with Gasteiger partial charge < -0.3 is 18.9 Å². The molecule has 0 radical (unpaired) electrons. The van der Waals surface area contributed by atoms with Gasteiger partial charge in [-0.1, -0.05) is 84.6 Å². The maximum Gasteiger partial charge on any atom is 0.298 e. The van der Waals surface area contributed by atoms with Crippen molar-refractivity contribution < 1.29 is 83.7 Å². The van der Waals surface area contributed by atoms with Crippen molar-refractivity contribution in [2.45, 2.75) is 45.8 Å². The number of carbonyl (C=O) groups excluding carboxylic acids is 2. The van der Waals surface area contributed by atoms with Crippen molar-refractivity contribution in [1.29, 1.82) is 0 Å². The van der Waals surface area contributed by atoms with Crippen LogP contribution < -0.4 is 18.9 Å². The van der Waals surface area contributed by atoms with E-state index in [1.165, 1.54) is 54.6 Å². The van der Waals surface area contributed by atoms with Gasteiger partial charge in [-0.3, -0.25) is 18.7 Å². The summed E-state index contributed by atoms with van der Waals surface area (Å²) in [4.78, 5) is 26.6. The molecule has 0 aliphatic rings. The third-order valence-electron chi connectivity index (χ3n) is 12.0. The lowest BCUT2D eigenvalue weighted by Gasteiger charge is -2.26. The van der Waals surface area contributed by atoms with Gasteiger partial charge in [-0.15, -0.1) is 8.67 Å². The predicted molar refractivity (Wildman–Crippen MR) is 282 cm³/mol. The van der Waals surface area contributed by atoms with E-state index in [0.717, 1.165) is 40.1 Å². The first-order valence-corrected chi connectivity index (χ1v) is 27.0. The molecule has 0 aliphatic carbocycles. The molecular formula is C55H44O18S4. The van der Waals surface area contributed by atoms with Crippen molar-refractivity contribution in [3.05, 3.63) is 209 Å². The molecule has 8 rings (SSSR count). The topological polar surface area (TPSA) is 257 Å². The Bertz CT molecular complexity index is 3680. The van der Waals surface area contributed by atoms with Gasteiger partial charge in [-0.2, -0.15) is 16.8 Å². The third-order valence-corrected chi connectivity index (χ3v) is 15.2. The summed E-state index contributed by atoms with van der Waals surface area (Å²) in [7, 11) is -8.19. The lowest BCUT2D eigenvalue weighted by molar-refractivity contribution is -0.432. The van der Waals surface area contributed by atoms with Gasteiger partial charge >= 0.3 is 0 Å². The van der Waals surface area contributed by atoms with Crippen LogP contribution in [0.4, 0.5) is 0 Å². The smallest absolute Gasteiger partial charge is 0.298 e. The highest BCUT2D eigenvalue weighted by Crippen LogP contribution is 2.39. The standard InChI is InChI=1S/C55H44O18S4/c1-33-5-6-36(29-49(33)74-72-70-58)53(56)38-12-27-47(51(31-38)76(60,61)62)68-44-20-9-35(10-21-44)34-7-18-43(19-8-34)67-46-26-11-37(30-50(46)75-73-71-59)54(57)39-13-28-48(52(32-39)77(63,64)65)69-45-24-16-41(17-25-45)55(2,3)40-14-22-42(66-4)23-15-40/h5-32,58-59H,1-4H3,(H,60,61,62)(H,63,64,65). The number of rotatable bonds is 22. The van der Waals surface area contributed by atoms with Crippen LogP contribution in [0, 0.1) is 6.92 Å². The molecule has 4 N–H and O–H groups in total. The molecule has 0 spiro atoms. The monoisotopic (exact) mass is 1120 g/mol. The SMILES string of the molecule is COc1ccc(C(C)(C)c2ccc(Oc3ccc(C(=O)c4ccc(Oc5ccc(-c6ccc(Oc7ccc(C(=O)c8ccc(C)c(SOOO)c8)cc7S(=O)(=O)O)cc6)cc5)c(SOOO)c4)cc3S(=O)(=O)O)cc2)cc1. The second kappa shape index (κ2) is 23.9. The Kier molecular flexibility index (Phi) is 17.3. The van der Waals surface area contributed by atoms with Gasteiger partial charge in [-0.25, -0.2) is 10.5 Å². The van der Waals surface area contributed by atoms with Crippen LogP contribution >= 0.6 is 24.1 Å². The number of carbonyl (C=O) groups is 2. The number of hydrogen-bond acceptors (Lipinski definition) is 18. The molecule has 0 aromatic heterocycles. The molecule has 8 aromatic rings. The highest BCUT2D eigenvalue weighted by atomic mass is 32.2. The minimum atomic E-state index is -4.91. The summed E-state index contributed by atoms with van der Waals surface area (Å²) in [5.41, 5.74) is 3.77. The molecule has 0 heterocycles. The van der Waals surface area contributed by atoms with E-state index in [1.54, 1.807) is 80.8 Å². The van der Waals surface area contributed by atoms with Crippen molar-refractivity contribution in [2.24, 2.45) is 0 Å². The quantitative estimate of drug-likeness (QED) is 0.0162. The molecule has 0 saturated carbocycles. The minimum absolute atomic E-state index is 0.0468. The summed E-state index contributed by atoms with van der Waals surface area (Å²) in [6.45, 7) is 5.85. The van der Waals surface area contributed by atoms with Gasteiger partial charge in [0.25, 0.3) is 20.2 Å². The fraction of sp³-hybridized carbons (Fsp3) is 0.0909. The Balaban J connectivity index is 0.942. The Morgan fingerprint density at radius 2 is 0.805 bits per heavy atom. The van der Waals surface area contributed by atoms with Crippen molar-refractivity contribution in [3.8, 4) is 51.4 Å². The summed E-state index contributed by atoms with van der Waals surface area (Å²) in [6, 6.07) is 44.2. The Morgan fingerprint density at radius 1 is 0.455 bits per heavy atom. The lowest BCUT2D eigenvalue weighted by Crippen LogP contribution is -2.18. The first kappa shape index (κ1) is 55.8. The predicted octanol–water partition coefficient (Wildman–Crippen LogP) is 13.2. The molecule has 77 heavy (non-hydrogen) atoms. The van der Waals surface area contributed by atoms with Crippen LogP contribution in [0.5, 0.6) is 40.2 Å². The molecule has 0 fully saturated rings. The number of aryl methyl sites for hydroxylation is 1. The first-order valence-electron chi connectivity index (χ1n) is 22.6. The fourth-order valence-corrected chi connectivity index (χ4v) is 10.1. The van der Waals surface area contributed by atoms with Crippen molar-refractivity contribution in [1.82, 2.24) is 0 Å². The van der Waals surface area contributed by atoms with E-state index < -0.39 is 47.0 Å². The molecule has 396 valence electrons. The normalized spacial score (nSPS) is 11.7. The molecule has 0 unspecified atom stereocenters. The summed E-state index contributed by atoms with van der Waals surface area (Å²) >= 11 is 1.18. The summed E-state index contributed by atoms with van der Waals surface area (Å²) in [6.07, 6.45) is 0. The molecule has 0 atom stereocenters. The van der Waals surface area contributed by atoms with E-state index in [4.69, 9.17) is 33.8 Å². The van der Waals surface area contributed by atoms with E-state index in [9.17, 15) is 35.5 Å². The Labute approximate surface area is 450 Å². The van der Waals surface area contributed by atoms with E-state index in [2.05, 4.69) is 28.3 Å². The minimum Gasteiger partial charge on any atom is -0.497 e. The molecule has 0 bridgehead atoms. The maximum atomic E-state index is 13.9. The van der Waals surface area contributed by atoms with Crippen LogP contribution in [0.25, 0.3) is 11.1 Å². The van der Waals surface area contributed by atoms with Crippen molar-refractivity contribution in [3.63, 3.8) is 0 Å². The number of methoxy groups -OCH3 is 1. The number of hydrogen-bond donors (Lipinski definition) is 4. The van der Waals surface area contributed by atoms with Crippen molar-refractivity contribution >= 4 is 55.9 Å².